The Hall–Kier alpha value is -1.55. The summed E-state index contributed by atoms with van der Waals surface area (Å²) in [6.07, 6.45) is 0.571. The first-order valence-electron chi connectivity index (χ1n) is 3.68. The Labute approximate surface area is 78.4 Å². The summed E-state index contributed by atoms with van der Waals surface area (Å²) in [6, 6.07) is 3.46. The molecule has 0 saturated heterocycles. The van der Waals surface area contributed by atoms with E-state index < -0.39 is 0 Å². The van der Waals surface area contributed by atoms with Crippen LogP contribution in [0.4, 0.5) is 5.69 Å². The monoisotopic (exact) mass is 193 g/mol. The Balaban J connectivity index is 2.92. The number of anilines is 1. The average molecular weight is 193 g/mol. The molecule has 13 heavy (non-hydrogen) atoms. The fourth-order valence-corrected chi connectivity index (χ4v) is 2.09. The Kier molecular flexibility index (Phi) is 1.70. The first-order chi connectivity index (χ1) is 6.24. The van der Waals surface area contributed by atoms with Gasteiger partial charge in [-0.3, -0.25) is 4.79 Å². The topological polar surface area (TPSA) is 63.3 Å². The van der Waals surface area contributed by atoms with Crippen molar-refractivity contribution in [1.82, 2.24) is 0 Å². The zero-order valence-corrected chi connectivity index (χ0v) is 7.47. The molecule has 4 heteroatoms. The van der Waals surface area contributed by atoms with Crippen molar-refractivity contribution in [1.29, 1.82) is 0 Å². The molecule has 0 saturated carbocycles. The van der Waals surface area contributed by atoms with Crippen LogP contribution >= 0.6 is 11.3 Å². The molecule has 1 aromatic carbocycles. The van der Waals surface area contributed by atoms with Crippen LogP contribution in [0.5, 0.6) is 5.75 Å². The Morgan fingerprint density at radius 3 is 3.00 bits per heavy atom. The maximum absolute atomic E-state index is 10.6. The van der Waals surface area contributed by atoms with E-state index in [2.05, 4.69) is 0 Å². The molecule has 0 aliphatic rings. The Morgan fingerprint density at radius 1 is 1.54 bits per heavy atom. The summed E-state index contributed by atoms with van der Waals surface area (Å²) in [6.45, 7) is 0. The van der Waals surface area contributed by atoms with Gasteiger partial charge in [-0.25, -0.2) is 0 Å². The van der Waals surface area contributed by atoms with Gasteiger partial charge in [0.05, 0.1) is 5.56 Å². The van der Waals surface area contributed by atoms with Crippen molar-refractivity contribution in [2.24, 2.45) is 0 Å². The van der Waals surface area contributed by atoms with Crippen LogP contribution in [-0.2, 0) is 0 Å². The summed E-state index contributed by atoms with van der Waals surface area (Å²) in [5.41, 5.74) is 6.07. The number of aldehydes is 1. The lowest BCUT2D eigenvalue weighted by atomic mass is 10.1. The van der Waals surface area contributed by atoms with Gasteiger partial charge in [-0.2, -0.15) is 0 Å². The summed E-state index contributed by atoms with van der Waals surface area (Å²) in [5, 5.41) is 12.1. The number of phenolic OH excluding ortho intramolecular Hbond substituents is 1. The number of phenols is 1. The van der Waals surface area contributed by atoms with E-state index in [1.807, 2.05) is 5.38 Å². The second-order valence-corrected chi connectivity index (χ2v) is 3.63. The second kappa shape index (κ2) is 2.74. The highest BCUT2D eigenvalue weighted by Gasteiger charge is 2.10. The predicted octanol–water partition coefficient (Wildman–Crippen LogP) is 2.00. The van der Waals surface area contributed by atoms with Crippen LogP contribution in [0.25, 0.3) is 10.1 Å². The van der Waals surface area contributed by atoms with E-state index in [0.29, 0.717) is 17.4 Å². The van der Waals surface area contributed by atoms with E-state index in [4.69, 9.17) is 5.73 Å². The van der Waals surface area contributed by atoms with E-state index in [-0.39, 0.29) is 11.3 Å². The first kappa shape index (κ1) is 8.07. The summed E-state index contributed by atoms with van der Waals surface area (Å²) in [7, 11) is 0. The maximum atomic E-state index is 10.6. The number of benzene rings is 1. The second-order valence-electron chi connectivity index (χ2n) is 2.68. The van der Waals surface area contributed by atoms with Crippen LogP contribution in [0, 0.1) is 0 Å². The minimum Gasteiger partial charge on any atom is -0.506 e. The number of carbonyl (C=O) groups is 1. The fraction of sp³-hybridized carbons (Fsp3) is 0. The number of nitrogen functional groups attached to an aromatic ring is 1. The van der Waals surface area contributed by atoms with E-state index in [9.17, 15) is 9.90 Å². The smallest absolute Gasteiger partial charge is 0.155 e. The molecule has 0 radical (unpaired) electrons. The molecule has 0 bridgehead atoms. The highest BCUT2D eigenvalue weighted by Crippen LogP contribution is 2.34. The molecular formula is C9H7NO2S. The zero-order chi connectivity index (χ0) is 9.42. The standard InChI is InChI=1S/C9H7NO2S/c10-7-3-8-5(1-2-13-8)9(12)6(7)4-11/h1-4,12H,10H2. The van der Waals surface area contributed by atoms with E-state index in [1.54, 1.807) is 12.1 Å². The van der Waals surface area contributed by atoms with Crippen molar-refractivity contribution in [3.05, 3.63) is 23.1 Å². The van der Waals surface area contributed by atoms with Crippen LogP contribution in [0.15, 0.2) is 17.5 Å². The van der Waals surface area contributed by atoms with Gasteiger partial charge in [-0.1, -0.05) is 0 Å². The highest BCUT2D eigenvalue weighted by molar-refractivity contribution is 7.17. The lowest BCUT2D eigenvalue weighted by Gasteiger charge is -2.02. The molecule has 0 amide bonds. The van der Waals surface area contributed by atoms with Crippen LogP contribution < -0.4 is 5.73 Å². The molecule has 2 rings (SSSR count). The summed E-state index contributed by atoms with van der Waals surface area (Å²) in [5.74, 6) is -0.0220. The largest absolute Gasteiger partial charge is 0.506 e. The van der Waals surface area contributed by atoms with Crippen LogP contribution in [-0.4, -0.2) is 11.4 Å². The number of rotatable bonds is 1. The molecule has 2 aromatic rings. The number of thiophene rings is 1. The van der Waals surface area contributed by atoms with Gasteiger partial charge >= 0.3 is 0 Å². The third-order valence-electron chi connectivity index (χ3n) is 1.92. The quantitative estimate of drug-likeness (QED) is 0.537. The Morgan fingerprint density at radius 2 is 2.31 bits per heavy atom. The molecule has 0 aliphatic carbocycles. The van der Waals surface area contributed by atoms with Crippen LogP contribution in [0.3, 0.4) is 0 Å². The zero-order valence-electron chi connectivity index (χ0n) is 6.65. The molecule has 0 spiro atoms. The SMILES string of the molecule is Nc1cc2sccc2c(O)c1C=O. The van der Waals surface area contributed by atoms with Crippen molar-refractivity contribution in [3.8, 4) is 5.75 Å². The van der Waals surface area contributed by atoms with E-state index in [1.165, 1.54) is 11.3 Å². The molecule has 0 atom stereocenters. The highest BCUT2D eigenvalue weighted by atomic mass is 32.1. The molecular weight excluding hydrogens is 186 g/mol. The molecule has 0 unspecified atom stereocenters. The first-order valence-corrected chi connectivity index (χ1v) is 4.56. The van der Waals surface area contributed by atoms with Gasteiger partial charge < -0.3 is 10.8 Å². The number of hydrogen-bond donors (Lipinski definition) is 2. The normalized spacial score (nSPS) is 10.5. The number of carbonyl (C=O) groups excluding carboxylic acids is 1. The minimum absolute atomic E-state index is 0.0220. The minimum atomic E-state index is -0.0220. The lowest BCUT2D eigenvalue weighted by molar-refractivity contribution is 0.112. The summed E-state index contributed by atoms with van der Waals surface area (Å²) < 4.78 is 0.889. The van der Waals surface area contributed by atoms with Gasteiger partial charge in [0.1, 0.15) is 5.75 Å². The van der Waals surface area contributed by atoms with Crippen molar-refractivity contribution < 1.29 is 9.90 Å². The van der Waals surface area contributed by atoms with Crippen molar-refractivity contribution >= 4 is 33.4 Å². The molecule has 3 nitrogen and oxygen atoms in total. The predicted molar refractivity (Wildman–Crippen MR) is 53.3 cm³/mol. The molecule has 0 fully saturated rings. The molecule has 0 aliphatic heterocycles. The van der Waals surface area contributed by atoms with Gasteiger partial charge in [-0.15, -0.1) is 11.3 Å². The Bertz CT molecular complexity index is 476. The van der Waals surface area contributed by atoms with E-state index >= 15 is 0 Å². The third kappa shape index (κ3) is 1.07. The summed E-state index contributed by atoms with van der Waals surface area (Å²) >= 11 is 1.48. The van der Waals surface area contributed by atoms with Crippen molar-refractivity contribution in [2.75, 3.05) is 5.73 Å². The van der Waals surface area contributed by atoms with Gasteiger partial charge in [0.15, 0.2) is 6.29 Å². The maximum Gasteiger partial charge on any atom is 0.155 e. The summed E-state index contributed by atoms with van der Waals surface area (Å²) in [4.78, 5) is 10.6. The fourth-order valence-electron chi connectivity index (χ4n) is 1.25. The third-order valence-corrected chi connectivity index (χ3v) is 2.78. The molecule has 1 aromatic heterocycles. The van der Waals surface area contributed by atoms with Gasteiger partial charge in [0, 0.05) is 15.8 Å². The van der Waals surface area contributed by atoms with Gasteiger partial charge in [-0.05, 0) is 17.5 Å². The van der Waals surface area contributed by atoms with Gasteiger partial charge in [0.2, 0.25) is 0 Å². The van der Waals surface area contributed by atoms with Gasteiger partial charge in [0.25, 0.3) is 0 Å². The number of nitrogens with two attached hydrogens (primary N) is 1. The van der Waals surface area contributed by atoms with Crippen LogP contribution in [0.1, 0.15) is 10.4 Å². The average Bonchev–Trinajstić information content (AvgIpc) is 2.53. The van der Waals surface area contributed by atoms with E-state index in [0.717, 1.165) is 4.70 Å². The van der Waals surface area contributed by atoms with Crippen molar-refractivity contribution in [2.45, 2.75) is 0 Å². The molecule has 3 N–H and O–H groups in total. The number of hydrogen-bond acceptors (Lipinski definition) is 4. The number of aromatic hydroxyl groups is 1. The molecule has 1 heterocycles. The molecule has 66 valence electrons. The van der Waals surface area contributed by atoms with Crippen molar-refractivity contribution in [3.63, 3.8) is 0 Å². The number of fused-ring (bicyclic) bond motifs is 1. The lowest BCUT2D eigenvalue weighted by Crippen LogP contribution is -1.92. The van der Waals surface area contributed by atoms with Crippen LogP contribution in [0.2, 0.25) is 0 Å².